The van der Waals surface area contributed by atoms with E-state index < -0.39 is 0 Å². The van der Waals surface area contributed by atoms with Crippen molar-refractivity contribution >= 4 is 5.91 Å². The lowest BCUT2D eigenvalue weighted by Gasteiger charge is -2.14. The largest absolute Gasteiger partial charge is 0.339 e. The number of benzene rings is 2. The van der Waals surface area contributed by atoms with Crippen molar-refractivity contribution in [3.05, 3.63) is 72.4 Å². The molecule has 0 saturated carbocycles. The van der Waals surface area contributed by atoms with Gasteiger partial charge in [0, 0.05) is 24.8 Å². The fourth-order valence-electron chi connectivity index (χ4n) is 3.14. The molecule has 0 spiro atoms. The molecule has 4 heteroatoms. The number of hydrogen-bond acceptors (Lipinski definition) is 2. The van der Waals surface area contributed by atoms with Crippen molar-refractivity contribution in [2.24, 2.45) is 0 Å². The molecule has 1 aliphatic heterocycles. The van der Waals surface area contributed by atoms with E-state index in [4.69, 9.17) is 5.10 Å². The third kappa shape index (κ3) is 2.71. The van der Waals surface area contributed by atoms with E-state index in [1.54, 1.807) is 4.68 Å². The standard InChI is InChI=1S/C20H19N3O/c24-20(22-13-7-8-14-22)18-15-23(17-11-5-2-6-12-17)21-19(18)16-9-3-1-4-10-16/h1-6,9-12,15H,7-8,13-14H2. The quantitative estimate of drug-likeness (QED) is 0.737. The molecule has 2 aromatic carbocycles. The zero-order valence-electron chi connectivity index (χ0n) is 13.4. The van der Waals surface area contributed by atoms with Crippen molar-refractivity contribution in [2.45, 2.75) is 12.8 Å². The third-order valence-electron chi connectivity index (χ3n) is 4.41. The number of rotatable bonds is 3. The summed E-state index contributed by atoms with van der Waals surface area (Å²) in [5.74, 6) is 0.0773. The summed E-state index contributed by atoms with van der Waals surface area (Å²) in [5.41, 5.74) is 3.34. The number of nitrogens with zero attached hydrogens (tertiary/aromatic N) is 3. The molecule has 1 saturated heterocycles. The highest BCUT2D eigenvalue weighted by Crippen LogP contribution is 2.26. The van der Waals surface area contributed by atoms with Crippen LogP contribution in [-0.2, 0) is 0 Å². The first-order chi connectivity index (χ1) is 11.8. The summed E-state index contributed by atoms with van der Waals surface area (Å²) in [4.78, 5) is 14.9. The summed E-state index contributed by atoms with van der Waals surface area (Å²) in [6, 6.07) is 19.8. The Bertz CT molecular complexity index is 834. The van der Waals surface area contributed by atoms with Crippen molar-refractivity contribution in [1.82, 2.24) is 14.7 Å². The predicted octanol–water partition coefficient (Wildman–Crippen LogP) is 3.78. The smallest absolute Gasteiger partial charge is 0.257 e. The maximum absolute atomic E-state index is 13.0. The first-order valence-corrected chi connectivity index (χ1v) is 8.33. The Labute approximate surface area is 141 Å². The molecular formula is C20H19N3O. The molecule has 4 nitrogen and oxygen atoms in total. The molecule has 1 fully saturated rings. The van der Waals surface area contributed by atoms with Gasteiger partial charge >= 0.3 is 0 Å². The van der Waals surface area contributed by atoms with Gasteiger partial charge in [0.05, 0.1) is 11.3 Å². The molecular weight excluding hydrogens is 298 g/mol. The van der Waals surface area contributed by atoms with E-state index in [0.29, 0.717) is 5.56 Å². The van der Waals surface area contributed by atoms with Gasteiger partial charge in [-0.2, -0.15) is 5.10 Å². The van der Waals surface area contributed by atoms with Gasteiger partial charge in [0.1, 0.15) is 5.69 Å². The Hall–Kier alpha value is -2.88. The second kappa shape index (κ2) is 6.32. The van der Waals surface area contributed by atoms with E-state index in [1.165, 1.54) is 0 Å². The number of hydrogen-bond donors (Lipinski definition) is 0. The Morgan fingerprint density at radius 2 is 1.50 bits per heavy atom. The maximum atomic E-state index is 13.0. The van der Waals surface area contributed by atoms with Gasteiger partial charge in [-0.1, -0.05) is 48.5 Å². The minimum absolute atomic E-state index is 0.0773. The topological polar surface area (TPSA) is 38.1 Å². The van der Waals surface area contributed by atoms with Crippen LogP contribution in [0.25, 0.3) is 16.9 Å². The number of carbonyl (C=O) groups is 1. The van der Waals surface area contributed by atoms with Crippen LogP contribution in [0.15, 0.2) is 66.9 Å². The van der Waals surface area contributed by atoms with Crippen molar-refractivity contribution < 1.29 is 4.79 Å². The molecule has 0 unspecified atom stereocenters. The second-order valence-corrected chi connectivity index (χ2v) is 6.04. The van der Waals surface area contributed by atoms with Gasteiger partial charge < -0.3 is 4.90 Å². The molecule has 1 aromatic heterocycles. The van der Waals surface area contributed by atoms with Gasteiger partial charge in [-0.15, -0.1) is 0 Å². The minimum Gasteiger partial charge on any atom is -0.339 e. The monoisotopic (exact) mass is 317 g/mol. The fourth-order valence-corrected chi connectivity index (χ4v) is 3.14. The van der Waals surface area contributed by atoms with E-state index in [0.717, 1.165) is 42.9 Å². The van der Waals surface area contributed by atoms with Crippen LogP contribution in [0.3, 0.4) is 0 Å². The lowest BCUT2D eigenvalue weighted by Crippen LogP contribution is -2.27. The minimum atomic E-state index is 0.0773. The number of carbonyl (C=O) groups excluding carboxylic acids is 1. The van der Waals surface area contributed by atoms with Crippen LogP contribution < -0.4 is 0 Å². The van der Waals surface area contributed by atoms with Crippen LogP contribution in [0.2, 0.25) is 0 Å². The molecule has 3 aromatic rings. The number of amides is 1. The Morgan fingerprint density at radius 1 is 0.875 bits per heavy atom. The van der Waals surface area contributed by atoms with Crippen LogP contribution in [0.5, 0.6) is 0 Å². The van der Waals surface area contributed by atoms with E-state index >= 15 is 0 Å². The van der Waals surface area contributed by atoms with E-state index in [1.807, 2.05) is 71.8 Å². The summed E-state index contributed by atoms with van der Waals surface area (Å²) in [6.07, 6.45) is 4.02. The SMILES string of the molecule is O=C(c1cn(-c2ccccc2)nc1-c1ccccc1)N1CCCC1. The number of aromatic nitrogens is 2. The van der Waals surface area contributed by atoms with Crippen LogP contribution in [0.1, 0.15) is 23.2 Å². The number of para-hydroxylation sites is 1. The van der Waals surface area contributed by atoms with E-state index in [2.05, 4.69) is 0 Å². The van der Waals surface area contributed by atoms with Gasteiger partial charge in [-0.05, 0) is 25.0 Å². The molecule has 0 radical (unpaired) electrons. The second-order valence-electron chi connectivity index (χ2n) is 6.04. The van der Waals surface area contributed by atoms with Crippen molar-refractivity contribution in [3.8, 4) is 16.9 Å². The molecule has 1 aliphatic rings. The molecule has 24 heavy (non-hydrogen) atoms. The normalized spacial score (nSPS) is 14.1. The molecule has 2 heterocycles. The van der Waals surface area contributed by atoms with Gasteiger partial charge in [-0.3, -0.25) is 4.79 Å². The summed E-state index contributed by atoms with van der Waals surface area (Å²) < 4.78 is 1.80. The van der Waals surface area contributed by atoms with Gasteiger partial charge in [0.2, 0.25) is 0 Å². The Kier molecular flexibility index (Phi) is 3.87. The lowest BCUT2D eigenvalue weighted by molar-refractivity contribution is 0.0793. The average molecular weight is 317 g/mol. The van der Waals surface area contributed by atoms with Crippen molar-refractivity contribution in [2.75, 3.05) is 13.1 Å². The first kappa shape index (κ1) is 14.7. The lowest BCUT2D eigenvalue weighted by atomic mass is 10.1. The molecule has 0 aliphatic carbocycles. The summed E-state index contributed by atoms with van der Waals surface area (Å²) in [7, 11) is 0. The third-order valence-corrected chi connectivity index (χ3v) is 4.41. The van der Waals surface area contributed by atoms with Crippen LogP contribution >= 0.6 is 0 Å². The van der Waals surface area contributed by atoms with Gasteiger partial charge in [0.15, 0.2) is 0 Å². The predicted molar refractivity (Wildman–Crippen MR) is 94.1 cm³/mol. The van der Waals surface area contributed by atoms with Crippen LogP contribution in [0, 0.1) is 0 Å². The highest BCUT2D eigenvalue weighted by Gasteiger charge is 2.25. The average Bonchev–Trinajstić information content (AvgIpc) is 3.33. The molecule has 0 bridgehead atoms. The van der Waals surface area contributed by atoms with Crippen molar-refractivity contribution in [3.63, 3.8) is 0 Å². The van der Waals surface area contributed by atoms with E-state index in [-0.39, 0.29) is 5.91 Å². The Morgan fingerprint density at radius 3 is 2.17 bits per heavy atom. The van der Waals surface area contributed by atoms with E-state index in [9.17, 15) is 4.79 Å². The zero-order valence-corrected chi connectivity index (χ0v) is 13.4. The van der Waals surface area contributed by atoms with Crippen LogP contribution in [0.4, 0.5) is 0 Å². The highest BCUT2D eigenvalue weighted by molar-refractivity contribution is 6.00. The van der Waals surface area contributed by atoms with Crippen LogP contribution in [-0.4, -0.2) is 33.7 Å². The Balaban J connectivity index is 1.81. The molecule has 4 rings (SSSR count). The highest BCUT2D eigenvalue weighted by atomic mass is 16.2. The molecule has 120 valence electrons. The molecule has 0 N–H and O–H groups in total. The van der Waals surface area contributed by atoms with Gasteiger partial charge in [-0.25, -0.2) is 4.68 Å². The number of likely N-dealkylation sites (tertiary alicyclic amines) is 1. The molecule has 0 atom stereocenters. The summed E-state index contributed by atoms with van der Waals surface area (Å²) in [5, 5.41) is 4.71. The first-order valence-electron chi connectivity index (χ1n) is 8.33. The zero-order chi connectivity index (χ0) is 16.4. The van der Waals surface area contributed by atoms with Crippen molar-refractivity contribution in [1.29, 1.82) is 0 Å². The summed E-state index contributed by atoms with van der Waals surface area (Å²) in [6.45, 7) is 1.67. The van der Waals surface area contributed by atoms with Gasteiger partial charge in [0.25, 0.3) is 5.91 Å². The molecule has 1 amide bonds. The summed E-state index contributed by atoms with van der Waals surface area (Å²) >= 11 is 0. The fraction of sp³-hybridized carbons (Fsp3) is 0.200. The maximum Gasteiger partial charge on any atom is 0.257 e.